The number of hydrogen-bond donors (Lipinski definition) is 3. The van der Waals surface area contributed by atoms with Crippen LogP contribution in [0.4, 0.5) is 0 Å². The van der Waals surface area contributed by atoms with Crippen LogP contribution in [0, 0.1) is 0 Å². The monoisotopic (exact) mass is 281 g/mol. The lowest BCUT2D eigenvalue weighted by Crippen LogP contribution is -2.39. The lowest BCUT2D eigenvalue weighted by molar-refractivity contribution is 0.0946. The van der Waals surface area contributed by atoms with Crippen molar-refractivity contribution in [3.8, 4) is 5.75 Å². The van der Waals surface area contributed by atoms with Crippen LogP contribution in [0.3, 0.4) is 0 Å². The predicted octanol–water partition coefficient (Wildman–Crippen LogP) is 0.989. The molecule has 0 saturated carbocycles. The first kappa shape index (κ1) is 16.6. The molecule has 2 atom stereocenters. The third kappa shape index (κ3) is 5.28. The standard InChI is InChI=1S/C15H23NO4/c1-3-12(9-17)16-8-13(19)10-20-15-7-5-4-6-14(15)11(2)18/h4-7,12-13,16-17,19H,3,8-10H2,1-2H3. The number of Topliss-reactive ketones (excluding diaryl/α,β-unsaturated/α-hetero) is 1. The van der Waals surface area contributed by atoms with Crippen LogP contribution >= 0.6 is 0 Å². The molecule has 0 spiro atoms. The van der Waals surface area contributed by atoms with E-state index < -0.39 is 6.10 Å². The van der Waals surface area contributed by atoms with Crippen molar-refractivity contribution in [3.63, 3.8) is 0 Å². The number of carbonyl (C=O) groups excluding carboxylic acids is 1. The molecule has 20 heavy (non-hydrogen) atoms. The number of nitrogens with one attached hydrogen (secondary N) is 1. The number of ether oxygens (including phenoxy) is 1. The molecule has 0 fully saturated rings. The van der Waals surface area contributed by atoms with Crippen molar-refractivity contribution in [1.29, 1.82) is 0 Å². The van der Waals surface area contributed by atoms with Gasteiger partial charge in [-0.2, -0.15) is 0 Å². The number of aliphatic hydroxyl groups excluding tert-OH is 2. The Morgan fingerprint density at radius 2 is 2.10 bits per heavy atom. The summed E-state index contributed by atoms with van der Waals surface area (Å²) in [5.74, 6) is 0.410. The number of para-hydroxylation sites is 1. The molecule has 2 unspecified atom stereocenters. The van der Waals surface area contributed by atoms with Gasteiger partial charge in [0, 0.05) is 12.6 Å². The van der Waals surface area contributed by atoms with Gasteiger partial charge in [-0.05, 0) is 25.5 Å². The number of hydrogen-bond acceptors (Lipinski definition) is 5. The van der Waals surface area contributed by atoms with Crippen molar-refractivity contribution >= 4 is 5.78 Å². The summed E-state index contributed by atoms with van der Waals surface area (Å²) in [5, 5.41) is 21.9. The molecule has 0 amide bonds. The van der Waals surface area contributed by atoms with Crippen LogP contribution in [0.1, 0.15) is 30.6 Å². The highest BCUT2D eigenvalue weighted by Crippen LogP contribution is 2.18. The van der Waals surface area contributed by atoms with E-state index in [1.807, 2.05) is 6.92 Å². The van der Waals surface area contributed by atoms with Crippen LogP contribution in [0.15, 0.2) is 24.3 Å². The summed E-state index contributed by atoms with van der Waals surface area (Å²) in [5.41, 5.74) is 0.509. The van der Waals surface area contributed by atoms with Crippen LogP contribution in [0.2, 0.25) is 0 Å². The Morgan fingerprint density at radius 3 is 2.70 bits per heavy atom. The molecular formula is C15H23NO4. The zero-order valence-electron chi connectivity index (χ0n) is 12.0. The third-order valence-electron chi connectivity index (χ3n) is 3.05. The van der Waals surface area contributed by atoms with Crippen molar-refractivity contribution < 1.29 is 19.7 Å². The Morgan fingerprint density at radius 1 is 1.40 bits per heavy atom. The topological polar surface area (TPSA) is 78.8 Å². The fourth-order valence-electron chi connectivity index (χ4n) is 1.77. The van der Waals surface area contributed by atoms with Gasteiger partial charge in [-0.1, -0.05) is 19.1 Å². The van der Waals surface area contributed by atoms with Crippen LogP contribution in [-0.4, -0.2) is 47.9 Å². The molecular weight excluding hydrogens is 258 g/mol. The van der Waals surface area contributed by atoms with E-state index in [0.29, 0.717) is 17.9 Å². The van der Waals surface area contributed by atoms with E-state index >= 15 is 0 Å². The molecule has 0 saturated heterocycles. The zero-order chi connectivity index (χ0) is 15.0. The summed E-state index contributed by atoms with van der Waals surface area (Å²) < 4.78 is 5.49. The van der Waals surface area contributed by atoms with Crippen LogP contribution in [-0.2, 0) is 0 Å². The Hall–Kier alpha value is -1.43. The summed E-state index contributed by atoms with van der Waals surface area (Å²) in [6, 6.07) is 6.94. The second kappa shape index (κ2) is 8.68. The molecule has 3 N–H and O–H groups in total. The SMILES string of the molecule is CCC(CO)NCC(O)COc1ccccc1C(C)=O. The van der Waals surface area contributed by atoms with Crippen molar-refractivity contribution in [2.75, 3.05) is 19.8 Å². The molecule has 5 nitrogen and oxygen atoms in total. The molecule has 0 aliphatic rings. The minimum absolute atomic E-state index is 0.0193. The van der Waals surface area contributed by atoms with E-state index in [-0.39, 0.29) is 25.0 Å². The molecule has 0 radical (unpaired) electrons. The summed E-state index contributed by atoms with van der Waals surface area (Å²) in [6.45, 7) is 3.91. The maximum atomic E-state index is 11.4. The van der Waals surface area contributed by atoms with Gasteiger partial charge in [-0.15, -0.1) is 0 Å². The number of rotatable bonds is 9. The fraction of sp³-hybridized carbons (Fsp3) is 0.533. The number of aliphatic hydroxyl groups is 2. The normalized spacial score (nSPS) is 13.8. The Labute approximate surface area is 119 Å². The maximum Gasteiger partial charge on any atom is 0.163 e. The van der Waals surface area contributed by atoms with E-state index in [0.717, 1.165) is 6.42 Å². The quantitative estimate of drug-likeness (QED) is 0.588. The molecule has 0 aromatic heterocycles. The summed E-state index contributed by atoms with van der Waals surface area (Å²) in [7, 11) is 0. The second-order valence-electron chi connectivity index (χ2n) is 4.71. The number of benzene rings is 1. The molecule has 5 heteroatoms. The fourth-order valence-corrected chi connectivity index (χ4v) is 1.77. The van der Waals surface area contributed by atoms with Gasteiger partial charge in [-0.3, -0.25) is 4.79 Å². The molecule has 0 aliphatic heterocycles. The van der Waals surface area contributed by atoms with E-state index in [2.05, 4.69) is 5.32 Å². The molecule has 1 aromatic rings. The smallest absolute Gasteiger partial charge is 0.163 e. The lowest BCUT2D eigenvalue weighted by Gasteiger charge is -2.18. The largest absolute Gasteiger partial charge is 0.490 e. The maximum absolute atomic E-state index is 11.4. The average Bonchev–Trinajstić information content (AvgIpc) is 2.46. The van der Waals surface area contributed by atoms with Gasteiger partial charge < -0.3 is 20.3 Å². The highest BCUT2D eigenvalue weighted by atomic mass is 16.5. The van der Waals surface area contributed by atoms with Crippen LogP contribution in [0.5, 0.6) is 5.75 Å². The third-order valence-corrected chi connectivity index (χ3v) is 3.05. The molecule has 0 bridgehead atoms. The van der Waals surface area contributed by atoms with Gasteiger partial charge >= 0.3 is 0 Å². The average molecular weight is 281 g/mol. The summed E-state index contributed by atoms with van der Waals surface area (Å²) >= 11 is 0. The van der Waals surface area contributed by atoms with E-state index in [4.69, 9.17) is 9.84 Å². The number of carbonyl (C=O) groups is 1. The summed E-state index contributed by atoms with van der Waals surface area (Å²) in [4.78, 5) is 11.4. The Kier molecular flexibility index (Phi) is 7.22. The molecule has 0 heterocycles. The van der Waals surface area contributed by atoms with Crippen LogP contribution in [0.25, 0.3) is 0 Å². The molecule has 0 aliphatic carbocycles. The molecule has 1 aromatic carbocycles. The first-order valence-electron chi connectivity index (χ1n) is 6.83. The van der Waals surface area contributed by atoms with Crippen molar-refractivity contribution in [2.24, 2.45) is 0 Å². The first-order chi connectivity index (χ1) is 9.58. The molecule has 1 rings (SSSR count). The van der Waals surface area contributed by atoms with E-state index in [1.54, 1.807) is 24.3 Å². The van der Waals surface area contributed by atoms with Gasteiger partial charge in [0.05, 0.1) is 12.2 Å². The van der Waals surface area contributed by atoms with Crippen molar-refractivity contribution in [3.05, 3.63) is 29.8 Å². The predicted molar refractivity (Wildman–Crippen MR) is 77.1 cm³/mol. The zero-order valence-corrected chi connectivity index (χ0v) is 12.0. The van der Waals surface area contributed by atoms with Crippen molar-refractivity contribution in [1.82, 2.24) is 5.32 Å². The van der Waals surface area contributed by atoms with Crippen LogP contribution < -0.4 is 10.1 Å². The van der Waals surface area contributed by atoms with Gasteiger partial charge in [0.15, 0.2) is 5.78 Å². The number of ketones is 1. The molecule has 112 valence electrons. The minimum atomic E-state index is -0.699. The summed E-state index contributed by atoms with van der Waals surface area (Å²) in [6.07, 6.45) is 0.0904. The Balaban J connectivity index is 2.45. The Bertz CT molecular complexity index is 418. The lowest BCUT2D eigenvalue weighted by atomic mass is 10.1. The highest BCUT2D eigenvalue weighted by molar-refractivity contribution is 5.96. The van der Waals surface area contributed by atoms with Gasteiger partial charge in [0.25, 0.3) is 0 Å². The highest BCUT2D eigenvalue weighted by Gasteiger charge is 2.12. The van der Waals surface area contributed by atoms with Gasteiger partial charge in [0.2, 0.25) is 0 Å². The van der Waals surface area contributed by atoms with Gasteiger partial charge in [-0.25, -0.2) is 0 Å². The van der Waals surface area contributed by atoms with E-state index in [9.17, 15) is 9.90 Å². The van der Waals surface area contributed by atoms with Crippen molar-refractivity contribution in [2.45, 2.75) is 32.4 Å². The first-order valence-corrected chi connectivity index (χ1v) is 6.83. The van der Waals surface area contributed by atoms with E-state index in [1.165, 1.54) is 6.92 Å². The second-order valence-corrected chi connectivity index (χ2v) is 4.71. The minimum Gasteiger partial charge on any atom is -0.490 e. The van der Waals surface area contributed by atoms with Gasteiger partial charge in [0.1, 0.15) is 18.5 Å².